The van der Waals surface area contributed by atoms with Crippen molar-refractivity contribution in [3.63, 3.8) is 0 Å². The maximum absolute atomic E-state index is 13.2. The molecular weight excluding hydrogens is 389 g/mol. The molecule has 3 aromatic rings. The van der Waals surface area contributed by atoms with E-state index in [-0.39, 0.29) is 23.1 Å². The van der Waals surface area contributed by atoms with Gasteiger partial charge in [0.25, 0.3) is 0 Å². The largest absolute Gasteiger partial charge is 0.467 e. The quantitative estimate of drug-likeness (QED) is 0.500. The number of alkyl halides is 3. The van der Waals surface area contributed by atoms with Crippen LogP contribution in [-0.4, -0.2) is 33.2 Å². The fourth-order valence-electron chi connectivity index (χ4n) is 2.46. The van der Waals surface area contributed by atoms with Crippen LogP contribution in [0.25, 0.3) is 11.1 Å². The summed E-state index contributed by atoms with van der Waals surface area (Å²) in [6.07, 6.45) is -0.988. The lowest BCUT2D eigenvalue weighted by Gasteiger charge is -2.15. The molecule has 0 atom stereocenters. The lowest BCUT2D eigenvalue weighted by Crippen LogP contribution is -2.24. The Labute approximate surface area is 162 Å². The number of hydrogen-bond acceptors (Lipinski definition) is 7. The molecular formula is C18H15F3N6O2. The van der Waals surface area contributed by atoms with Crippen LogP contribution in [0.3, 0.4) is 0 Å². The summed E-state index contributed by atoms with van der Waals surface area (Å²) in [6, 6.07) is 4.53. The molecule has 0 aliphatic heterocycles. The maximum Gasteiger partial charge on any atom is 0.416 e. The highest BCUT2D eigenvalue weighted by Gasteiger charge is 2.31. The molecule has 11 heteroatoms. The van der Waals surface area contributed by atoms with E-state index in [4.69, 9.17) is 20.3 Å². The number of aryl methyl sites for hydroxylation is 1. The number of nitrogens with one attached hydrogen (secondary N) is 2. The minimum absolute atomic E-state index is 0.0415. The van der Waals surface area contributed by atoms with Crippen LogP contribution in [0.2, 0.25) is 0 Å². The highest BCUT2D eigenvalue weighted by molar-refractivity contribution is 5.70. The Morgan fingerprint density at radius 1 is 1.14 bits per heavy atom. The first-order chi connectivity index (χ1) is 13.7. The highest BCUT2D eigenvalue weighted by Crippen LogP contribution is 2.38. The molecule has 0 bridgehead atoms. The topological polar surface area (TPSA) is 110 Å². The van der Waals surface area contributed by atoms with Crippen molar-refractivity contribution in [2.24, 2.45) is 0 Å². The first kappa shape index (κ1) is 20.0. The molecule has 8 nitrogen and oxygen atoms in total. The van der Waals surface area contributed by atoms with Crippen LogP contribution in [0.1, 0.15) is 11.1 Å². The first-order valence-corrected chi connectivity index (χ1v) is 8.14. The Balaban J connectivity index is 2.12. The summed E-state index contributed by atoms with van der Waals surface area (Å²) < 4.78 is 51.1. The summed E-state index contributed by atoms with van der Waals surface area (Å²) in [5.74, 6) is -0.202. The van der Waals surface area contributed by atoms with Gasteiger partial charge in [0, 0.05) is 29.6 Å². The van der Waals surface area contributed by atoms with Crippen LogP contribution >= 0.6 is 0 Å². The lowest BCUT2D eigenvalue weighted by atomic mass is 10.0. The van der Waals surface area contributed by atoms with Crippen molar-refractivity contribution in [3.05, 3.63) is 53.3 Å². The average Bonchev–Trinajstić information content (AvgIpc) is 2.70. The van der Waals surface area contributed by atoms with Gasteiger partial charge >= 0.3 is 12.2 Å². The standard InChI is InChI=1S/C18H15F3N6O2/c1-10-5-15(26-27(9-22)16(10)23)29-14-6-12(18(19,20)21)3-4-13(14)11-7-24-17(28-2)25-8-11/h3-9,22-23H,1-2H3. The summed E-state index contributed by atoms with van der Waals surface area (Å²) >= 11 is 0. The number of aromatic nitrogens is 4. The van der Waals surface area contributed by atoms with Gasteiger partial charge in [-0.15, -0.1) is 5.10 Å². The number of methoxy groups -OCH3 is 1. The zero-order valence-electron chi connectivity index (χ0n) is 15.3. The third kappa shape index (κ3) is 4.23. The molecule has 0 spiro atoms. The van der Waals surface area contributed by atoms with Gasteiger partial charge in [0.1, 0.15) is 12.1 Å². The fraction of sp³-hybridized carbons (Fsp3) is 0.167. The third-order valence-corrected chi connectivity index (χ3v) is 3.92. The van der Waals surface area contributed by atoms with E-state index in [0.717, 1.165) is 23.2 Å². The SMILES string of the molecule is COc1ncc(-c2ccc(C(F)(F)F)cc2Oc2cc(C)c(=N)n(C=N)n2)cn1. The van der Waals surface area contributed by atoms with Crippen LogP contribution in [0.15, 0.2) is 36.7 Å². The molecule has 2 N–H and O–H groups in total. The van der Waals surface area contributed by atoms with Crippen molar-refractivity contribution in [2.75, 3.05) is 7.11 Å². The van der Waals surface area contributed by atoms with E-state index in [2.05, 4.69) is 15.1 Å². The Morgan fingerprint density at radius 2 is 1.83 bits per heavy atom. The van der Waals surface area contributed by atoms with Crippen LogP contribution < -0.4 is 15.0 Å². The summed E-state index contributed by atoms with van der Waals surface area (Å²) in [6.45, 7) is 1.60. The monoisotopic (exact) mass is 404 g/mol. The molecule has 0 radical (unpaired) electrons. The third-order valence-electron chi connectivity index (χ3n) is 3.92. The Morgan fingerprint density at radius 3 is 2.41 bits per heavy atom. The zero-order chi connectivity index (χ0) is 21.2. The molecule has 2 heterocycles. The normalized spacial score (nSPS) is 11.2. The minimum Gasteiger partial charge on any atom is -0.467 e. The molecule has 3 rings (SSSR count). The smallest absolute Gasteiger partial charge is 0.416 e. The number of benzene rings is 1. The highest BCUT2D eigenvalue weighted by atomic mass is 19.4. The van der Waals surface area contributed by atoms with Gasteiger partial charge < -0.3 is 9.47 Å². The van der Waals surface area contributed by atoms with E-state index >= 15 is 0 Å². The second kappa shape index (κ2) is 7.70. The van der Waals surface area contributed by atoms with E-state index in [9.17, 15) is 13.2 Å². The zero-order valence-corrected chi connectivity index (χ0v) is 15.3. The fourth-order valence-corrected chi connectivity index (χ4v) is 2.46. The van der Waals surface area contributed by atoms with E-state index in [1.807, 2.05) is 0 Å². The summed E-state index contributed by atoms with van der Waals surface area (Å²) in [5, 5.41) is 19.1. The molecule has 29 heavy (non-hydrogen) atoms. The second-order valence-corrected chi connectivity index (χ2v) is 5.86. The molecule has 150 valence electrons. The Hall–Kier alpha value is -3.76. The molecule has 1 aromatic carbocycles. The predicted molar refractivity (Wildman–Crippen MR) is 96.1 cm³/mol. The van der Waals surface area contributed by atoms with Crippen molar-refractivity contribution in [3.8, 4) is 28.8 Å². The molecule has 0 saturated carbocycles. The van der Waals surface area contributed by atoms with Gasteiger partial charge in [-0.2, -0.15) is 13.2 Å². The molecule has 0 unspecified atom stereocenters. The minimum atomic E-state index is -4.57. The van der Waals surface area contributed by atoms with E-state index in [1.54, 1.807) is 6.92 Å². The Bertz CT molecular complexity index is 1110. The van der Waals surface area contributed by atoms with Gasteiger partial charge in [0.15, 0.2) is 5.49 Å². The van der Waals surface area contributed by atoms with Crippen molar-refractivity contribution in [1.82, 2.24) is 19.7 Å². The summed E-state index contributed by atoms with van der Waals surface area (Å²) in [5.41, 5.74) is 0.194. The second-order valence-electron chi connectivity index (χ2n) is 5.86. The van der Waals surface area contributed by atoms with Gasteiger partial charge in [0.2, 0.25) is 5.88 Å². The predicted octanol–water partition coefficient (Wildman–Crippen LogP) is 3.40. The number of rotatable bonds is 5. The van der Waals surface area contributed by atoms with Gasteiger partial charge in [0.05, 0.1) is 12.7 Å². The number of ether oxygens (including phenoxy) is 2. The van der Waals surface area contributed by atoms with Crippen molar-refractivity contribution >= 4 is 6.34 Å². The van der Waals surface area contributed by atoms with Crippen LogP contribution in [-0.2, 0) is 6.18 Å². The van der Waals surface area contributed by atoms with E-state index in [1.165, 1.54) is 31.6 Å². The van der Waals surface area contributed by atoms with Crippen molar-refractivity contribution < 1.29 is 22.6 Å². The van der Waals surface area contributed by atoms with Gasteiger partial charge in [-0.05, 0) is 30.7 Å². The summed E-state index contributed by atoms with van der Waals surface area (Å²) in [7, 11) is 1.39. The lowest BCUT2D eigenvalue weighted by molar-refractivity contribution is -0.137. The van der Waals surface area contributed by atoms with Crippen LogP contribution in [0.5, 0.6) is 17.6 Å². The molecule has 0 fully saturated rings. The van der Waals surface area contributed by atoms with E-state index in [0.29, 0.717) is 16.7 Å². The molecule has 0 aliphatic rings. The van der Waals surface area contributed by atoms with Gasteiger partial charge in [-0.25, -0.2) is 14.6 Å². The number of halogens is 3. The van der Waals surface area contributed by atoms with Crippen LogP contribution in [0, 0.1) is 17.7 Å². The molecule has 2 aromatic heterocycles. The average molecular weight is 404 g/mol. The molecule has 0 saturated heterocycles. The van der Waals surface area contributed by atoms with Crippen molar-refractivity contribution in [1.29, 1.82) is 10.8 Å². The van der Waals surface area contributed by atoms with E-state index < -0.39 is 11.7 Å². The van der Waals surface area contributed by atoms with Crippen LogP contribution in [0.4, 0.5) is 13.2 Å². The summed E-state index contributed by atoms with van der Waals surface area (Å²) in [4.78, 5) is 7.92. The molecule has 0 aliphatic carbocycles. The maximum atomic E-state index is 13.2. The van der Waals surface area contributed by atoms with Crippen molar-refractivity contribution in [2.45, 2.75) is 13.1 Å². The first-order valence-electron chi connectivity index (χ1n) is 8.14. The molecule has 0 amide bonds. The number of nitrogens with zero attached hydrogens (tertiary/aromatic N) is 4. The number of hydrogen-bond donors (Lipinski definition) is 2. The Kier molecular flexibility index (Phi) is 5.31. The van der Waals surface area contributed by atoms with Gasteiger partial charge in [-0.1, -0.05) is 0 Å². The van der Waals surface area contributed by atoms with Gasteiger partial charge in [-0.3, -0.25) is 10.8 Å².